The first-order valence-electron chi connectivity index (χ1n) is 6.98. The Morgan fingerprint density at radius 3 is 2.48 bits per heavy atom. The van der Waals surface area contributed by atoms with Gasteiger partial charge in [-0.2, -0.15) is 0 Å². The van der Waals surface area contributed by atoms with E-state index in [1.165, 1.54) is 4.90 Å². The number of aliphatic hydroxyl groups is 1. The average Bonchev–Trinajstić information content (AvgIpc) is 2.70. The van der Waals surface area contributed by atoms with Gasteiger partial charge in [0.25, 0.3) is 0 Å². The lowest BCUT2D eigenvalue weighted by Crippen LogP contribution is -2.39. The smallest absolute Gasteiger partial charge is 0.309 e. The highest BCUT2D eigenvalue weighted by Gasteiger charge is 2.29. The topological polar surface area (TPSA) is 81.1 Å². The first-order chi connectivity index (χ1) is 10.1. The SMILES string of the molecule is O=C(O)[C@H]1CN(Cc2ccccc2)CCN(C(=O)CO)C1. The van der Waals surface area contributed by atoms with E-state index in [2.05, 4.69) is 0 Å². The summed E-state index contributed by atoms with van der Waals surface area (Å²) in [5.41, 5.74) is 1.11. The van der Waals surface area contributed by atoms with Crippen LogP contribution in [0.3, 0.4) is 0 Å². The van der Waals surface area contributed by atoms with Gasteiger partial charge in [0.15, 0.2) is 0 Å². The predicted octanol–water partition coefficient (Wildman–Crippen LogP) is 0.0239. The molecule has 0 radical (unpaired) electrons. The van der Waals surface area contributed by atoms with E-state index >= 15 is 0 Å². The first-order valence-corrected chi connectivity index (χ1v) is 6.98. The number of carbonyl (C=O) groups excluding carboxylic acids is 1. The molecule has 1 atom stereocenters. The Bertz CT molecular complexity index is 492. The van der Waals surface area contributed by atoms with Gasteiger partial charge in [0.1, 0.15) is 6.61 Å². The van der Waals surface area contributed by atoms with Crippen LogP contribution in [0.25, 0.3) is 0 Å². The molecule has 2 rings (SSSR count). The molecule has 1 fully saturated rings. The highest BCUT2D eigenvalue weighted by Crippen LogP contribution is 2.13. The second-order valence-electron chi connectivity index (χ2n) is 5.25. The van der Waals surface area contributed by atoms with Crippen LogP contribution in [0.4, 0.5) is 0 Å². The Kier molecular flexibility index (Phi) is 5.30. The molecule has 1 amide bonds. The molecule has 1 saturated heterocycles. The lowest BCUT2D eigenvalue weighted by molar-refractivity contribution is -0.144. The molecule has 1 heterocycles. The third-order valence-electron chi connectivity index (χ3n) is 3.69. The van der Waals surface area contributed by atoms with E-state index in [0.29, 0.717) is 26.2 Å². The number of carbonyl (C=O) groups is 2. The molecule has 1 aliphatic heterocycles. The van der Waals surface area contributed by atoms with Gasteiger partial charge in [-0.05, 0) is 5.56 Å². The van der Waals surface area contributed by atoms with Crippen molar-refractivity contribution in [3.63, 3.8) is 0 Å². The van der Waals surface area contributed by atoms with Gasteiger partial charge in [-0.15, -0.1) is 0 Å². The number of aliphatic carboxylic acids is 1. The Labute approximate surface area is 123 Å². The van der Waals surface area contributed by atoms with Gasteiger partial charge >= 0.3 is 5.97 Å². The van der Waals surface area contributed by atoms with Crippen LogP contribution in [0.15, 0.2) is 30.3 Å². The lowest BCUT2D eigenvalue weighted by Gasteiger charge is -2.21. The fourth-order valence-electron chi connectivity index (χ4n) is 2.55. The standard InChI is InChI=1S/C15H20N2O4/c18-11-14(19)17-7-6-16(9-13(10-17)15(20)21)8-12-4-2-1-3-5-12/h1-5,13,18H,6-11H2,(H,20,21)/t13-/m0/s1. The molecule has 21 heavy (non-hydrogen) atoms. The highest BCUT2D eigenvalue weighted by molar-refractivity contribution is 5.78. The molecule has 0 saturated carbocycles. The second kappa shape index (κ2) is 7.19. The minimum atomic E-state index is -0.911. The molecule has 0 spiro atoms. The van der Waals surface area contributed by atoms with Gasteiger partial charge in [0.05, 0.1) is 5.92 Å². The highest BCUT2D eigenvalue weighted by atomic mass is 16.4. The van der Waals surface area contributed by atoms with Crippen molar-refractivity contribution in [2.45, 2.75) is 6.54 Å². The van der Waals surface area contributed by atoms with Crippen molar-refractivity contribution in [1.29, 1.82) is 0 Å². The fraction of sp³-hybridized carbons (Fsp3) is 0.467. The Balaban J connectivity index is 2.06. The molecular weight excluding hydrogens is 272 g/mol. The van der Waals surface area contributed by atoms with E-state index in [1.807, 2.05) is 35.2 Å². The maximum absolute atomic E-state index is 11.6. The van der Waals surface area contributed by atoms with E-state index < -0.39 is 24.4 Å². The number of hydrogen-bond acceptors (Lipinski definition) is 4. The molecular formula is C15H20N2O4. The molecule has 6 nitrogen and oxygen atoms in total. The van der Waals surface area contributed by atoms with Gasteiger partial charge in [-0.1, -0.05) is 30.3 Å². The zero-order valence-electron chi connectivity index (χ0n) is 11.8. The number of hydrogen-bond donors (Lipinski definition) is 2. The van der Waals surface area contributed by atoms with Crippen LogP contribution in [-0.4, -0.2) is 64.7 Å². The van der Waals surface area contributed by atoms with Gasteiger partial charge < -0.3 is 15.1 Å². The van der Waals surface area contributed by atoms with Crippen LogP contribution in [-0.2, 0) is 16.1 Å². The van der Waals surface area contributed by atoms with Gasteiger partial charge in [-0.3, -0.25) is 14.5 Å². The molecule has 2 N–H and O–H groups in total. The summed E-state index contributed by atoms with van der Waals surface area (Å²) in [7, 11) is 0. The first kappa shape index (κ1) is 15.5. The molecule has 0 aromatic heterocycles. The van der Waals surface area contributed by atoms with Crippen LogP contribution in [0, 0.1) is 5.92 Å². The fourth-order valence-corrected chi connectivity index (χ4v) is 2.55. The normalized spacial score (nSPS) is 20.0. The molecule has 6 heteroatoms. The number of carboxylic acid groups (broad SMARTS) is 1. The Hall–Kier alpha value is -1.92. The molecule has 0 bridgehead atoms. The van der Waals surface area contributed by atoms with Crippen molar-refractivity contribution < 1.29 is 19.8 Å². The number of benzene rings is 1. The largest absolute Gasteiger partial charge is 0.481 e. The van der Waals surface area contributed by atoms with E-state index in [0.717, 1.165) is 5.56 Å². The maximum atomic E-state index is 11.6. The summed E-state index contributed by atoms with van der Waals surface area (Å²) in [6.07, 6.45) is 0. The predicted molar refractivity (Wildman–Crippen MR) is 76.5 cm³/mol. The number of rotatable bonds is 4. The third-order valence-corrected chi connectivity index (χ3v) is 3.69. The monoisotopic (exact) mass is 292 g/mol. The minimum absolute atomic E-state index is 0.153. The van der Waals surface area contributed by atoms with Crippen molar-refractivity contribution in [2.75, 3.05) is 32.8 Å². The molecule has 0 unspecified atom stereocenters. The van der Waals surface area contributed by atoms with Crippen molar-refractivity contribution in [3.05, 3.63) is 35.9 Å². The lowest BCUT2D eigenvalue weighted by atomic mass is 10.1. The number of amides is 1. The average molecular weight is 292 g/mol. The maximum Gasteiger partial charge on any atom is 0.309 e. The summed E-state index contributed by atoms with van der Waals surface area (Å²) in [6, 6.07) is 9.83. The van der Waals surface area contributed by atoms with Crippen molar-refractivity contribution in [2.24, 2.45) is 5.92 Å². The molecule has 1 aromatic carbocycles. The van der Waals surface area contributed by atoms with Crippen molar-refractivity contribution in [3.8, 4) is 0 Å². The third kappa shape index (κ3) is 4.27. The quantitative estimate of drug-likeness (QED) is 0.818. The van der Waals surface area contributed by atoms with Crippen LogP contribution in [0.5, 0.6) is 0 Å². The van der Waals surface area contributed by atoms with Crippen LogP contribution < -0.4 is 0 Å². The summed E-state index contributed by atoms with van der Waals surface area (Å²) in [5, 5.41) is 18.2. The molecule has 0 aliphatic carbocycles. The van der Waals surface area contributed by atoms with E-state index in [-0.39, 0.29) is 6.54 Å². The van der Waals surface area contributed by atoms with E-state index in [9.17, 15) is 14.7 Å². The van der Waals surface area contributed by atoms with Crippen LogP contribution in [0.1, 0.15) is 5.56 Å². The minimum Gasteiger partial charge on any atom is -0.481 e. The summed E-state index contributed by atoms with van der Waals surface area (Å²) in [6.45, 7) is 1.68. The summed E-state index contributed by atoms with van der Waals surface area (Å²) < 4.78 is 0. The van der Waals surface area contributed by atoms with Gasteiger partial charge in [-0.25, -0.2) is 0 Å². The molecule has 1 aliphatic rings. The summed E-state index contributed by atoms with van der Waals surface area (Å²) in [5.74, 6) is -1.96. The number of carboxylic acids is 1. The number of nitrogens with zero attached hydrogens (tertiary/aromatic N) is 2. The Morgan fingerprint density at radius 2 is 1.86 bits per heavy atom. The summed E-state index contributed by atoms with van der Waals surface area (Å²) >= 11 is 0. The second-order valence-corrected chi connectivity index (χ2v) is 5.25. The zero-order valence-corrected chi connectivity index (χ0v) is 11.8. The number of aliphatic hydroxyl groups excluding tert-OH is 1. The Morgan fingerprint density at radius 1 is 1.14 bits per heavy atom. The van der Waals surface area contributed by atoms with Crippen LogP contribution >= 0.6 is 0 Å². The van der Waals surface area contributed by atoms with E-state index in [4.69, 9.17) is 5.11 Å². The van der Waals surface area contributed by atoms with Crippen molar-refractivity contribution in [1.82, 2.24) is 9.80 Å². The molecule has 1 aromatic rings. The summed E-state index contributed by atoms with van der Waals surface area (Å²) in [4.78, 5) is 26.4. The van der Waals surface area contributed by atoms with Crippen LogP contribution in [0.2, 0.25) is 0 Å². The zero-order chi connectivity index (χ0) is 15.2. The van der Waals surface area contributed by atoms with Crippen molar-refractivity contribution >= 4 is 11.9 Å². The van der Waals surface area contributed by atoms with Gasteiger partial charge in [0, 0.05) is 32.7 Å². The molecule has 114 valence electrons. The van der Waals surface area contributed by atoms with E-state index in [1.54, 1.807) is 0 Å². The van der Waals surface area contributed by atoms with Gasteiger partial charge in [0.2, 0.25) is 5.91 Å².